The van der Waals surface area contributed by atoms with Crippen molar-refractivity contribution in [3.05, 3.63) is 63.3 Å². The van der Waals surface area contributed by atoms with Crippen molar-refractivity contribution in [1.82, 2.24) is 4.98 Å². The molecule has 5 nitrogen and oxygen atoms in total. The highest BCUT2D eigenvalue weighted by atomic mass is 79.9. The van der Waals surface area contributed by atoms with Crippen LogP contribution >= 0.6 is 15.9 Å². The quantitative estimate of drug-likeness (QED) is 0.544. The molecule has 0 fully saturated rings. The second-order valence-corrected chi connectivity index (χ2v) is 8.23. The summed E-state index contributed by atoms with van der Waals surface area (Å²) in [6.45, 7) is 2.12. The molecule has 2 N–H and O–H groups in total. The number of carboxylic acids is 1. The highest BCUT2D eigenvalue weighted by Gasteiger charge is 2.28. The van der Waals surface area contributed by atoms with Gasteiger partial charge in [-0.1, -0.05) is 25.1 Å². The molecule has 1 aliphatic carbocycles. The number of carbonyl (C=O) groups is 1. The second-order valence-electron chi connectivity index (χ2n) is 7.37. The Kier molecular flexibility index (Phi) is 5.04. The summed E-state index contributed by atoms with van der Waals surface area (Å²) in [6, 6.07) is 10.9. The van der Waals surface area contributed by atoms with Gasteiger partial charge in [-0.2, -0.15) is 0 Å². The number of aromatic carboxylic acids is 1. The van der Waals surface area contributed by atoms with Crippen LogP contribution in [-0.2, 0) is 6.42 Å². The predicted octanol–water partition coefficient (Wildman–Crippen LogP) is 5.53. The minimum Gasteiger partial charge on any atom is -0.503 e. The fourth-order valence-corrected chi connectivity index (χ4v) is 4.47. The lowest BCUT2D eigenvalue weighted by atomic mass is 9.80. The van der Waals surface area contributed by atoms with Gasteiger partial charge in [-0.3, -0.25) is 0 Å². The average Bonchev–Trinajstić information content (AvgIpc) is 2.68. The summed E-state index contributed by atoms with van der Waals surface area (Å²) in [5.41, 5.74) is 4.36. The molecule has 0 amide bonds. The van der Waals surface area contributed by atoms with Gasteiger partial charge < -0.3 is 14.9 Å². The number of fused-ring (bicyclic) bond motifs is 2. The molecule has 0 aliphatic heterocycles. The number of nitrogens with zero attached hydrogens (tertiary/aromatic N) is 1. The van der Waals surface area contributed by atoms with E-state index in [4.69, 9.17) is 9.72 Å². The number of rotatable bonds is 3. The van der Waals surface area contributed by atoms with Gasteiger partial charge in [0.1, 0.15) is 0 Å². The Morgan fingerprint density at radius 2 is 2.03 bits per heavy atom. The Morgan fingerprint density at radius 3 is 2.76 bits per heavy atom. The molecule has 6 heteroatoms. The van der Waals surface area contributed by atoms with Gasteiger partial charge in [0.15, 0.2) is 11.5 Å². The molecule has 1 heterocycles. The molecule has 0 saturated carbocycles. The first-order valence-electron chi connectivity index (χ1n) is 9.31. The Labute approximate surface area is 176 Å². The third-order valence-corrected chi connectivity index (χ3v) is 5.85. The SMILES string of the molecule is COc1cc(/C=C2/CC(C)Cc3c2nc2ccccc2c3C(=O)O)cc(Br)c1O. The van der Waals surface area contributed by atoms with Crippen molar-refractivity contribution in [2.75, 3.05) is 7.11 Å². The molecule has 0 saturated heterocycles. The summed E-state index contributed by atoms with van der Waals surface area (Å²) in [4.78, 5) is 17.0. The van der Waals surface area contributed by atoms with Crippen molar-refractivity contribution in [2.45, 2.75) is 19.8 Å². The lowest BCUT2D eigenvalue weighted by Crippen LogP contribution is -2.17. The molecular weight excluding hydrogens is 434 g/mol. The van der Waals surface area contributed by atoms with Gasteiger partial charge in [-0.05, 0) is 75.7 Å². The van der Waals surface area contributed by atoms with Crippen LogP contribution in [0.25, 0.3) is 22.6 Å². The van der Waals surface area contributed by atoms with E-state index >= 15 is 0 Å². The van der Waals surface area contributed by atoms with E-state index in [-0.39, 0.29) is 11.7 Å². The van der Waals surface area contributed by atoms with Crippen LogP contribution in [0.3, 0.4) is 0 Å². The maximum Gasteiger partial charge on any atom is 0.336 e. The van der Waals surface area contributed by atoms with Gasteiger partial charge in [-0.25, -0.2) is 9.78 Å². The largest absolute Gasteiger partial charge is 0.503 e. The second kappa shape index (κ2) is 7.52. The number of hydrogen-bond donors (Lipinski definition) is 2. The van der Waals surface area contributed by atoms with E-state index in [0.717, 1.165) is 28.8 Å². The number of halogens is 1. The van der Waals surface area contributed by atoms with Crippen molar-refractivity contribution in [3.8, 4) is 11.5 Å². The van der Waals surface area contributed by atoms with E-state index in [9.17, 15) is 15.0 Å². The van der Waals surface area contributed by atoms with Crippen LogP contribution in [0.1, 0.15) is 40.5 Å². The molecular formula is C23H20BrNO4. The topological polar surface area (TPSA) is 79.7 Å². The molecule has 148 valence electrons. The molecule has 1 aliphatic rings. The zero-order chi connectivity index (χ0) is 20.7. The van der Waals surface area contributed by atoms with Crippen LogP contribution < -0.4 is 4.74 Å². The third kappa shape index (κ3) is 3.49. The number of carboxylic acid groups (broad SMARTS) is 1. The number of hydrogen-bond acceptors (Lipinski definition) is 4. The fourth-order valence-electron chi connectivity index (χ4n) is 4.01. The average molecular weight is 454 g/mol. The third-order valence-electron chi connectivity index (χ3n) is 5.24. The van der Waals surface area contributed by atoms with Crippen molar-refractivity contribution in [2.24, 2.45) is 5.92 Å². The summed E-state index contributed by atoms with van der Waals surface area (Å²) in [5.74, 6) is -0.225. The normalized spacial score (nSPS) is 17.3. The van der Waals surface area contributed by atoms with Crippen LogP contribution in [-0.4, -0.2) is 28.3 Å². The molecule has 0 spiro atoms. The summed E-state index contributed by atoms with van der Waals surface area (Å²) in [5, 5.41) is 20.7. The molecule has 1 unspecified atom stereocenters. The van der Waals surface area contributed by atoms with Crippen molar-refractivity contribution >= 4 is 44.5 Å². The number of ether oxygens (including phenoxy) is 1. The zero-order valence-electron chi connectivity index (χ0n) is 16.1. The molecule has 1 atom stereocenters. The number of para-hydroxylation sites is 1. The summed E-state index contributed by atoms with van der Waals surface area (Å²) >= 11 is 3.36. The van der Waals surface area contributed by atoms with Crippen LogP contribution in [0.4, 0.5) is 0 Å². The Hall–Kier alpha value is -2.86. The zero-order valence-corrected chi connectivity index (χ0v) is 17.7. The van der Waals surface area contributed by atoms with E-state index < -0.39 is 5.97 Å². The number of methoxy groups -OCH3 is 1. The fraction of sp³-hybridized carbons (Fsp3) is 0.217. The number of phenolic OH excluding ortho intramolecular Hbond substituents is 1. The van der Waals surface area contributed by atoms with Crippen molar-refractivity contribution in [3.63, 3.8) is 0 Å². The van der Waals surface area contributed by atoms with Crippen molar-refractivity contribution in [1.29, 1.82) is 0 Å². The summed E-state index contributed by atoms with van der Waals surface area (Å²) in [6.07, 6.45) is 3.46. The molecule has 2 aromatic carbocycles. The van der Waals surface area contributed by atoms with E-state index in [2.05, 4.69) is 22.9 Å². The maximum absolute atomic E-state index is 12.1. The lowest BCUT2D eigenvalue weighted by Gasteiger charge is -2.26. The van der Waals surface area contributed by atoms with Crippen LogP contribution in [0.15, 0.2) is 40.9 Å². The van der Waals surface area contributed by atoms with Gasteiger partial charge in [0.05, 0.1) is 28.4 Å². The van der Waals surface area contributed by atoms with Gasteiger partial charge in [-0.15, -0.1) is 0 Å². The predicted molar refractivity (Wildman–Crippen MR) is 116 cm³/mol. The Bertz CT molecular complexity index is 1170. The number of aromatic nitrogens is 1. The molecule has 0 bridgehead atoms. The van der Waals surface area contributed by atoms with E-state index in [1.54, 1.807) is 6.07 Å². The summed E-state index contributed by atoms with van der Waals surface area (Å²) in [7, 11) is 1.50. The Morgan fingerprint density at radius 1 is 1.28 bits per heavy atom. The molecule has 29 heavy (non-hydrogen) atoms. The molecule has 0 radical (unpaired) electrons. The van der Waals surface area contributed by atoms with Crippen LogP contribution in [0.2, 0.25) is 0 Å². The van der Waals surface area contributed by atoms with Gasteiger partial charge >= 0.3 is 5.97 Å². The first kappa shape index (κ1) is 19.5. The van der Waals surface area contributed by atoms with E-state index in [1.807, 2.05) is 36.4 Å². The summed E-state index contributed by atoms with van der Waals surface area (Å²) < 4.78 is 5.78. The number of allylic oxidation sites excluding steroid dienone is 1. The molecule has 4 rings (SSSR count). The highest BCUT2D eigenvalue weighted by Crippen LogP contribution is 2.40. The number of aromatic hydroxyl groups is 1. The van der Waals surface area contributed by atoms with Crippen molar-refractivity contribution < 1.29 is 19.7 Å². The standard InChI is InChI=1S/C23H20BrNO4/c1-12-7-14(9-13-10-17(24)22(26)19(11-13)29-2)21-16(8-12)20(23(27)28)15-5-3-4-6-18(15)25-21/h3-6,9-12,26H,7-8H2,1-2H3,(H,27,28)/b14-9-. The Balaban J connectivity index is 1.97. The van der Waals surface area contributed by atoms with Gasteiger partial charge in [0.2, 0.25) is 0 Å². The minimum absolute atomic E-state index is 0.0457. The minimum atomic E-state index is -0.928. The smallest absolute Gasteiger partial charge is 0.336 e. The first-order valence-corrected chi connectivity index (χ1v) is 10.1. The van der Waals surface area contributed by atoms with Gasteiger partial charge in [0, 0.05) is 5.39 Å². The maximum atomic E-state index is 12.1. The lowest BCUT2D eigenvalue weighted by molar-refractivity contribution is 0.0697. The van der Waals surface area contributed by atoms with E-state index in [0.29, 0.717) is 33.1 Å². The molecule has 3 aromatic rings. The van der Waals surface area contributed by atoms with Crippen LogP contribution in [0.5, 0.6) is 11.5 Å². The van der Waals surface area contributed by atoms with E-state index in [1.165, 1.54) is 7.11 Å². The highest BCUT2D eigenvalue weighted by molar-refractivity contribution is 9.10. The monoisotopic (exact) mass is 453 g/mol. The van der Waals surface area contributed by atoms with Gasteiger partial charge in [0.25, 0.3) is 0 Å². The number of pyridine rings is 1. The molecule has 1 aromatic heterocycles. The first-order chi connectivity index (χ1) is 13.9. The van der Waals surface area contributed by atoms with Crippen LogP contribution in [0, 0.1) is 5.92 Å². The number of benzene rings is 2. The number of phenols is 1.